The van der Waals surface area contributed by atoms with Gasteiger partial charge in [-0.05, 0) is 36.6 Å². The van der Waals surface area contributed by atoms with E-state index in [1.54, 1.807) is 12.5 Å². The monoisotopic (exact) mass is 492 g/mol. The van der Waals surface area contributed by atoms with Gasteiger partial charge in [-0.25, -0.2) is 14.8 Å². The number of amides is 2. The highest BCUT2D eigenvalue weighted by Gasteiger charge is 2.27. The molecule has 3 aromatic carbocycles. The zero-order chi connectivity index (χ0) is 25.2. The maximum atomic E-state index is 13.2. The first kappa shape index (κ1) is 22.9. The predicted molar refractivity (Wildman–Crippen MR) is 146 cm³/mol. The van der Waals surface area contributed by atoms with E-state index in [0.29, 0.717) is 25.6 Å². The second kappa shape index (κ2) is 9.87. The number of anilines is 2. The number of imidazole rings is 1. The number of carbonyl (C=O) groups is 1. The molecule has 1 fully saturated rings. The third-order valence-corrected chi connectivity index (χ3v) is 6.83. The summed E-state index contributed by atoms with van der Waals surface area (Å²) in [6.07, 6.45) is 3.51. The van der Waals surface area contributed by atoms with Gasteiger partial charge in [-0.3, -0.25) is 4.57 Å². The zero-order valence-corrected chi connectivity index (χ0v) is 20.5. The van der Waals surface area contributed by atoms with Crippen molar-refractivity contribution < 1.29 is 4.79 Å². The van der Waals surface area contributed by atoms with Gasteiger partial charge in [0.05, 0.1) is 16.7 Å². The van der Waals surface area contributed by atoms with Crippen molar-refractivity contribution in [3.05, 3.63) is 85.3 Å². The fourth-order valence-electron chi connectivity index (χ4n) is 4.83. The molecule has 1 aliphatic rings. The molecule has 0 bridgehead atoms. The van der Waals surface area contributed by atoms with Crippen LogP contribution in [-0.4, -0.2) is 62.2 Å². The van der Waals surface area contributed by atoms with Gasteiger partial charge in [0.25, 0.3) is 0 Å². The van der Waals surface area contributed by atoms with Gasteiger partial charge in [0.2, 0.25) is 5.95 Å². The van der Waals surface area contributed by atoms with Crippen LogP contribution in [0.2, 0.25) is 0 Å². The van der Waals surface area contributed by atoms with Crippen LogP contribution in [0, 0.1) is 0 Å². The molecule has 5 aromatic rings. The molecule has 0 saturated carbocycles. The van der Waals surface area contributed by atoms with E-state index in [0.717, 1.165) is 33.3 Å². The first-order chi connectivity index (χ1) is 18.2. The summed E-state index contributed by atoms with van der Waals surface area (Å²) in [6, 6.07) is 23.8. The summed E-state index contributed by atoms with van der Waals surface area (Å²) >= 11 is 0. The molecule has 2 atom stereocenters. The fourth-order valence-corrected chi connectivity index (χ4v) is 4.83. The van der Waals surface area contributed by atoms with Crippen LogP contribution in [0.5, 0.6) is 0 Å². The summed E-state index contributed by atoms with van der Waals surface area (Å²) in [5, 5.41) is 12.2. The summed E-state index contributed by atoms with van der Waals surface area (Å²) in [6.45, 7) is 3.99. The minimum Gasteiger partial charge on any atom is -0.350 e. The number of carbonyl (C=O) groups excluding carboxylic acids is 1. The standard InChI is InChI=1S/C28H28N8O/c1-19(32-27-30-14-13-26(34-27)36-18-31-23-10-4-5-12-25(23)36)24-17-35(16-15-29-24)28(37)33-22-11-6-8-20-7-2-3-9-21(20)22/h2-14,18-19,24,29H,15-17H2,1H3,(H,33,37)(H,30,32,34)/t19-,24?/m0/s1. The Hall–Kier alpha value is -4.50. The molecule has 1 aliphatic heterocycles. The summed E-state index contributed by atoms with van der Waals surface area (Å²) < 4.78 is 1.95. The van der Waals surface area contributed by atoms with Gasteiger partial charge in [-0.15, -0.1) is 0 Å². The van der Waals surface area contributed by atoms with Crippen molar-refractivity contribution in [2.45, 2.75) is 19.0 Å². The van der Waals surface area contributed by atoms with Gasteiger partial charge in [-0.1, -0.05) is 48.5 Å². The van der Waals surface area contributed by atoms with Crippen molar-refractivity contribution in [3.8, 4) is 5.82 Å². The average Bonchev–Trinajstić information content (AvgIpc) is 3.38. The van der Waals surface area contributed by atoms with Gasteiger partial charge < -0.3 is 20.9 Å². The molecule has 37 heavy (non-hydrogen) atoms. The molecule has 9 heteroatoms. The summed E-state index contributed by atoms with van der Waals surface area (Å²) in [4.78, 5) is 28.6. The number of para-hydroxylation sites is 2. The lowest BCUT2D eigenvalue weighted by molar-refractivity contribution is 0.186. The zero-order valence-electron chi connectivity index (χ0n) is 20.5. The lowest BCUT2D eigenvalue weighted by Crippen LogP contribution is -2.58. The molecule has 0 radical (unpaired) electrons. The number of hydrogen-bond donors (Lipinski definition) is 3. The highest BCUT2D eigenvalue weighted by Crippen LogP contribution is 2.23. The number of nitrogens with one attached hydrogen (secondary N) is 3. The molecular weight excluding hydrogens is 464 g/mol. The number of fused-ring (bicyclic) bond motifs is 2. The van der Waals surface area contributed by atoms with Gasteiger partial charge >= 0.3 is 6.03 Å². The maximum Gasteiger partial charge on any atom is 0.321 e. The van der Waals surface area contributed by atoms with Crippen molar-refractivity contribution in [2.75, 3.05) is 30.3 Å². The number of piperazine rings is 1. The largest absolute Gasteiger partial charge is 0.350 e. The highest BCUT2D eigenvalue weighted by atomic mass is 16.2. The Morgan fingerprint density at radius 2 is 1.86 bits per heavy atom. The van der Waals surface area contributed by atoms with Crippen LogP contribution >= 0.6 is 0 Å². The summed E-state index contributed by atoms with van der Waals surface area (Å²) in [5.74, 6) is 1.27. The van der Waals surface area contributed by atoms with Crippen LogP contribution in [0.4, 0.5) is 16.4 Å². The van der Waals surface area contributed by atoms with E-state index in [2.05, 4.69) is 32.8 Å². The van der Waals surface area contributed by atoms with Crippen LogP contribution < -0.4 is 16.0 Å². The smallest absolute Gasteiger partial charge is 0.321 e. The van der Waals surface area contributed by atoms with Gasteiger partial charge in [0.15, 0.2) is 0 Å². The first-order valence-electron chi connectivity index (χ1n) is 12.4. The van der Waals surface area contributed by atoms with Crippen molar-refractivity contribution in [3.63, 3.8) is 0 Å². The molecule has 3 N–H and O–H groups in total. The molecule has 3 heterocycles. The Bertz CT molecular complexity index is 1560. The second-order valence-electron chi connectivity index (χ2n) is 9.24. The first-order valence-corrected chi connectivity index (χ1v) is 12.4. The Morgan fingerprint density at radius 1 is 1.03 bits per heavy atom. The van der Waals surface area contributed by atoms with E-state index in [1.807, 2.05) is 82.3 Å². The molecule has 9 nitrogen and oxygen atoms in total. The third-order valence-electron chi connectivity index (χ3n) is 6.83. The molecular formula is C28H28N8O. The molecule has 6 rings (SSSR count). The molecule has 0 spiro atoms. The third kappa shape index (κ3) is 4.68. The Labute approximate surface area is 214 Å². The lowest BCUT2D eigenvalue weighted by atomic mass is 10.1. The van der Waals surface area contributed by atoms with Crippen LogP contribution in [-0.2, 0) is 0 Å². The van der Waals surface area contributed by atoms with Crippen molar-refractivity contribution in [1.82, 2.24) is 29.7 Å². The van der Waals surface area contributed by atoms with Crippen LogP contribution in [0.25, 0.3) is 27.6 Å². The van der Waals surface area contributed by atoms with E-state index in [-0.39, 0.29) is 18.1 Å². The highest BCUT2D eigenvalue weighted by molar-refractivity contribution is 6.01. The second-order valence-corrected chi connectivity index (χ2v) is 9.24. The predicted octanol–water partition coefficient (Wildman–Crippen LogP) is 4.28. The lowest BCUT2D eigenvalue weighted by Gasteiger charge is -2.37. The van der Waals surface area contributed by atoms with E-state index in [1.165, 1.54) is 0 Å². The molecule has 1 saturated heterocycles. The summed E-state index contributed by atoms with van der Waals surface area (Å²) in [7, 11) is 0. The number of hydrogen-bond acceptors (Lipinski definition) is 6. The average molecular weight is 493 g/mol. The van der Waals surface area contributed by atoms with Gasteiger partial charge in [0, 0.05) is 43.3 Å². The topological polar surface area (TPSA) is 100 Å². The Balaban J connectivity index is 1.13. The van der Waals surface area contributed by atoms with E-state index in [9.17, 15) is 4.79 Å². The van der Waals surface area contributed by atoms with Crippen molar-refractivity contribution in [1.29, 1.82) is 0 Å². The Morgan fingerprint density at radius 3 is 2.81 bits per heavy atom. The molecule has 0 aliphatic carbocycles. The fraction of sp³-hybridized carbons (Fsp3) is 0.214. The number of nitrogens with zero attached hydrogens (tertiary/aromatic N) is 5. The quantitative estimate of drug-likeness (QED) is 0.339. The van der Waals surface area contributed by atoms with E-state index in [4.69, 9.17) is 4.98 Å². The van der Waals surface area contributed by atoms with Gasteiger partial charge in [-0.2, -0.15) is 4.98 Å². The normalized spacial score (nSPS) is 16.6. The minimum atomic E-state index is -0.0970. The van der Waals surface area contributed by atoms with Crippen molar-refractivity contribution in [2.24, 2.45) is 0 Å². The number of rotatable bonds is 5. The number of urea groups is 1. The van der Waals surface area contributed by atoms with E-state index >= 15 is 0 Å². The van der Waals surface area contributed by atoms with Crippen LogP contribution in [0.3, 0.4) is 0 Å². The minimum absolute atomic E-state index is 0.0112. The number of aromatic nitrogens is 4. The van der Waals surface area contributed by atoms with Crippen LogP contribution in [0.15, 0.2) is 85.3 Å². The van der Waals surface area contributed by atoms with Gasteiger partial charge in [0.1, 0.15) is 12.1 Å². The Kier molecular flexibility index (Phi) is 6.11. The van der Waals surface area contributed by atoms with Crippen molar-refractivity contribution >= 4 is 39.5 Å². The van der Waals surface area contributed by atoms with E-state index < -0.39 is 0 Å². The molecule has 186 valence electrons. The molecule has 2 aromatic heterocycles. The SMILES string of the molecule is C[C@H](Nc1nccc(-n2cnc3ccccc32)n1)C1CN(C(=O)Nc2cccc3ccccc23)CCN1. The summed E-state index contributed by atoms with van der Waals surface area (Å²) in [5.41, 5.74) is 2.72. The number of benzene rings is 3. The van der Waals surface area contributed by atoms with Crippen LogP contribution in [0.1, 0.15) is 6.92 Å². The molecule has 1 unspecified atom stereocenters. The maximum absolute atomic E-state index is 13.2. The molecule has 2 amide bonds.